The van der Waals surface area contributed by atoms with Gasteiger partial charge in [-0.1, -0.05) is 24.3 Å². The Hall–Kier alpha value is -2.91. The van der Waals surface area contributed by atoms with Crippen LogP contribution in [0, 0.1) is 12.8 Å². The van der Waals surface area contributed by atoms with Crippen LogP contribution in [-0.4, -0.2) is 63.4 Å². The molecule has 9 heteroatoms. The third kappa shape index (κ3) is 6.11. The van der Waals surface area contributed by atoms with E-state index in [-0.39, 0.29) is 30.5 Å². The Morgan fingerprint density at radius 3 is 2.30 bits per heavy atom. The van der Waals surface area contributed by atoms with Crippen LogP contribution in [0.1, 0.15) is 24.0 Å². The second-order valence-electron chi connectivity index (χ2n) is 8.14. The maximum atomic E-state index is 12.8. The third-order valence-electron chi connectivity index (χ3n) is 5.92. The van der Waals surface area contributed by atoms with Crippen LogP contribution in [0.4, 0.5) is 0 Å². The van der Waals surface area contributed by atoms with E-state index in [1.807, 2.05) is 31.2 Å². The van der Waals surface area contributed by atoms with Gasteiger partial charge < -0.3 is 14.4 Å². The fourth-order valence-electron chi connectivity index (χ4n) is 3.72. The van der Waals surface area contributed by atoms with Gasteiger partial charge in [-0.05, 0) is 55.2 Å². The maximum Gasteiger partial charge on any atom is 0.309 e. The van der Waals surface area contributed by atoms with E-state index in [2.05, 4.69) is 0 Å². The minimum absolute atomic E-state index is 0.187. The predicted molar refractivity (Wildman–Crippen MR) is 123 cm³/mol. The standard InChI is InChI=1S/C24H30N2O6S/c1-18-6-4-5-7-20(18)16-25(2)23(27)17-32-24(28)19-12-14-26(15-13-19)33(29,30)22-10-8-21(31-3)9-11-22/h4-11,19H,12-17H2,1-3H3. The normalized spacial score (nSPS) is 15.1. The lowest BCUT2D eigenvalue weighted by atomic mass is 9.98. The molecule has 0 unspecified atom stereocenters. The predicted octanol–water partition coefficient (Wildman–Crippen LogP) is 2.61. The number of hydrogen-bond donors (Lipinski definition) is 0. The molecule has 1 fully saturated rings. The monoisotopic (exact) mass is 474 g/mol. The minimum Gasteiger partial charge on any atom is -0.497 e. The van der Waals surface area contributed by atoms with Gasteiger partial charge in [0.1, 0.15) is 5.75 Å². The molecule has 0 radical (unpaired) electrons. The number of methoxy groups -OCH3 is 1. The fourth-order valence-corrected chi connectivity index (χ4v) is 5.19. The largest absolute Gasteiger partial charge is 0.497 e. The van der Waals surface area contributed by atoms with Crippen molar-refractivity contribution in [3.63, 3.8) is 0 Å². The Bertz CT molecular complexity index is 1080. The molecule has 2 aromatic rings. The second kappa shape index (κ2) is 10.8. The summed E-state index contributed by atoms with van der Waals surface area (Å²) in [5.74, 6) is -0.600. The lowest BCUT2D eigenvalue weighted by Gasteiger charge is -2.30. The van der Waals surface area contributed by atoms with Gasteiger partial charge in [0.25, 0.3) is 5.91 Å². The first-order valence-electron chi connectivity index (χ1n) is 10.8. The number of amides is 1. The van der Waals surface area contributed by atoms with E-state index in [4.69, 9.17) is 9.47 Å². The summed E-state index contributed by atoms with van der Waals surface area (Å²) in [5.41, 5.74) is 2.12. The molecule has 8 nitrogen and oxygen atoms in total. The van der Waals surface area contributed by atoms with Gasteiger partial charge in [0.15, 0.2) is 6.61 Å². The summed E-state index contributed by atoms with van der Waals surface area (Å²) in [5, 5.41) is 0. The molecular formula is C24H30N2O6S. The topological polar surface area (TPSA) is 93.2 Å². The highest BCUT2D eigenvalue weighted by Crippen LogP contribution is 2.25. The zero-order chi connectivity index (χ0) is 24.0. The molecule has 1 amide bonds. The summed E-state index contributed by atoms with van der Waals surface area (Å²) in [6.07, 6.45) is 0.697. The van der Waals surface area contributed by atoms with Crippen LogP contribution in [0.2, 0.25) is 0 Å². The van der Waals surface area contributed by atoms with Crippen molar-refractivity contribution in [1.82, 2.24) is 9.21 Å². The number of piperidine rings is 1. The van der Waals surface area contributed by atoms with Crippen molar-refractivity contribution < 1.29 is 27.5 Å². The summed E-state index contributed by atoms with van der Waals surface area (Å²) in [6.45, 7) is 2.52. The summed E-state index contributed by atoms with van der Waals surface area (Å²) in [4.78, 5) is 26.6. The highest BCUT2D eigenvalue weighted by molar-refractivity contribution is 7.89. The van der Waals surface area contributed by atoms with E-state index in [0.717, 1.165) is 11.1 Å². The molecule has 0 spiro atoms. The van der Waals surface area contributed by atoms with Gasteiger partial charge in [-0.15, -0.1) is 0 Å². The summed E-state index contributed by atoms with van der Waals surface area (Å²) >= 11 is 0. The van der Waals surface area contributed by atoms with Crippen molar-refractivity contribution in [1.29, 1.82) is 0 Å². The number of esters is 1. The number of likely N-dealkylation sites (N-methyl/N-ethyl adjacent to an activating group) is 1. The molecule has 178 valence electrons. The smallest absolute Gasteiger partial charge is 0.309 e. The Balaban J connectivity index is 1.47. The van der Waals surface area contributed by atoms with Gasteiger partial charge in [-0.25, -0.2) is 8.42 Å². The number of carbonyl (C=O) groups is 2. The fraction of sp³-hybridized carbons (Fsp3) is 0.417. The molecule has 33 heavy (non-hydrogen) atoms. The van der Waals surface area contributed by atoms with Gasteiger partial charge >= 0.3 is 5.97 Å². The molecule has 0 saturated carbocycles. The van der Waals surface area contributed by atoms with Gasteiger partial charge in [-0.3, -0.25) is 9.59 Å². The number of aryl methyl sites for hydroxylation is 1. The lowest BCUT2D eigenvalue weighted by Crippen LogP contribution is -2.41. The average Bonchev–Trinajstić information content (AvgIpc) is 2.83. The quantitative estimate of drug-likeness (QED) is 0.546. The van der Waals surface area contributed by atoms with Gasteiger partial charge in [-0.2, -0.15) is 4.31 Å². The van der Waals surface area contributed by atoms with Crippen molar-refractivity contribution in [2.24, 2.45) is 5.92 Å². The number of hydrogen-bond acceptors (Lipinski definition) is 6. The van der Waals surface area contributed by atoms with Crippen molar-refractivity contribution in [2.75, 3.05) is 33.9 Å². The Kier molecular flexibility index (Phi) is 8.10. The Morgan fingerprint density at radius 1 is 1.06 bits per heavy atom. The van der Waals surface area contributed by atoms with Crippen LogP contribution in [-0.2, 0) is 30.9 Å². The molecule has 0 N–H and O–H groups in total. The first-order chi connectivity index (χ1) is 15.7. The van der Waals surface area contributed by atoms with Crippen molar-refractivity contribution in [3.8, 4) is 5.75 Å². The van der Waals surface area contributed by atoms with Crippen LogP contribution in [0.5, 0.6) is 5.75 Å². The van der Waals surface area contributed by atoms with Crippen LogP contribution >= 0.6 is 0 Å². The van der Waals surface area contributed by atoms with Crippen LogP contribution < -0.4 is 4.74 Å². The Morgan fingerprint density at radius 2 is 1.70 bits per heavy atom. The number of ether oxygens (including phenoxy) is 2. The number of sulfonamides is 1. The third-order valence-corrected chi connectivity index (χ3v) is 7.83. The molecule has 1 aliphatic heterocycles. The van der Waals surface area contributed by atoms with Gasteiger partial charge in [0.2, 0.25) is 10.0 Å². The first-order valence-corrected chi connectivity index (χ1v) is 12.3. The molecule has 0 aromatic heterocycles. The molecule has 0 atom stereocenters. The number of carbonyl (C=O) groups excluding carboxylic acids is 2. The van der Waals surface area contributed by atoms with Crippen LogP contribution in [0.25, 0.3) is 0 Å². The van der Waals surface area contributed by atoms with E-state index in [9.17, 15) is 18.0 Å². The molecule has 1 saturated heterocycles. The van der Waals surface area contributed by atoms with Crippen LogP contribution in [0.15, 0.2) is 53.4 Å². The molecule has 3 rings (SSSR count). The van der Waals surface area contributed by atoms with E-state index in [0.29, 0.717) is 25.1 Å². The number of benzene rings is 2. The summed E-state index contributed by atoms with van der Waals surface area (Å²) in [7, 11) is -0.453. The molecule has 1 heterocycles. The maximum absolute atomic E-state index is 12.8. The van der Waals surface area contributed by atoms with E-state index >= 15 is 0 Å². The molecule has 1 aliphatic rings. The molecular weight excluding hydrogens is 444 g/mol. The molecule has 0 aliphatic carbocycles. The van der Waals surface area contributed by atoms with Crippen LogP contribution in [0.3, 0.4) is 0 Å². The van der Waals surface area contributed by atoms with Crippen molar-refractivity contribution in [2.45, 2.75) is 31.2 Å². The zero-order valence-corrected chi connectivity index (χ0v) is 20.0. The highest BCUT2D eigenvalue weighted by atomic mass is 32.2. The van der Waals surface area contributed by atoms with Gasteiger partial charge in [0, 0.05) is 26.7 Å². The summed E-state index contributed by atoms with van der Waals surface area (Å²) < 4.78 is 37.4. The molecule has 2 aromatic carbocycles. The Labute approximate surface area is 195 Å². The minimum atomic E-state index is -3.64. The summed E-state index contributed by atoms with van der Waals surface area (Å²) in [6, 6.07) is 14.0. The second-order valence-corrected chi connectivity index (χ2v) is 10.1. The number of rotatable bonds is 8. The number of nitrogens with zero attached hydrogens (tertiary/aromatic N) is 2. The van der Waals surface area contributed by atoms with Gasteiger partial charge in [0.05, 0.1) is 17.9 Å². The molecule has 0 bridgehead atoms. The SMILES string of the molecule is COc1ccc(S(=O)(=O)N2CCC(C(=O)OCC(=O)N(C)Cc3ccccc3C)CC2)cc1. The van der Waals surface area contributed by atoms with Crippen molar-refractivity contribution in [3.05, 3.63) is 59.7 Å². The highest BCUT2D eigenvalue weighted by Gasteiger charge is 2.33. The average molecular weight is 475 g/mol. The lowest BCUT2D eigenvalue weighted by molar-refractivity contribution is -0.156. The first kappa shape index (κ1) is 24.7. The van der Waals surface area contributed by atoms with E-state index in [1.165, 1.54) is 28.4 Å². The van der Waals surface area contributed by atoms with Crippen molar-refractivity contribution >= 4 is 21.9 Å². The van der Waals surface area contributed by atoms with E-state index in [1.54, 1.807) is 19.2 Å². The van der Waals surface area contributed by atoms with E-state index < -0.39 is 21.9 Å². The zero-order valence-electron chi connectivity index (χ0n) is 19.2.